The molecule has 0 radical (unpaired) electrons. The fourth-order valence-corrected chi connectivity index (χ4v) is 4.75. The van der Waals surface area contributed by atoms with Gasteiger partial charge in [0.1, 0.15) is 5.49 Å². The van der Waals surface area contributed by atoms with Gasteiger partial charge in [-0.2, -0.15) is 0 Å². The molecule has 0 fully saturated rings. The first-order valence-corrected chi connectivity index (χ1v) is 13.2. The van der Waals surface area contributed by atoms with Crippen LogP contribution in [0.1, 0.15) is 43.0 Å². The number of hydrogen-bond donors (Lipinski definition) is 2. The van der Waals surface area contributed by atoms with E-state index >= 15 is 0 Å². The SMILES string of the molecule is CCc1cc(OC)c(OC)cc1-c1cc(=Nc2c(C)cc(C)cc2C)n(CCNC(=O)NC(C)C)c(=O)n1C. The first-order valence-electron chi connectivity index (χ1n) is 13.2. The molecule has 0 aliphatic carbocycles. The van der Waals surface area contributed by atoms with Crippen molar-refractivity contribution in [1.29, 1.82) is 0 Å². The molecule has 9 heteroatoms. The van der Waals surface area contributed by atoms with Gasteiger partial charge in [0.25, 0.3) is 0 Å². The van der Waals surface area contributed by atoms with Gasteiger partial charge in [-0.05, 0) is 69.9 Å². The predicted molar refractivity (Wildman–Crippen MR) is 155 cm³/mol. The fourth-order valence-electron chi connectivity index (χ4n) is 4.75. The van der Waals surface area contributed by atoms with Gasteiger partial charge < -0.3 is 20.1 Å². The molecule has 210 valence electrons. The van der Waals surface area contributed by atoms with Crippen molar-refractivity contribution in [2.45, 2.75) is 60.5 Å². The number of nitrogens with zero attached hydrogens (tertiary/aromatic N) is 3. The van der Waals surface area contributed by atoms with Crippen LogP contribution >= 0.6 is 0 Å². The normalized spacial score (nSPS) is 11.6. The first-order chi connectivity index (χ1) is 18.5. The molecule has 2 N–H and O–H groups in total. The number of carbonyl (C=O) groups excluding carboxylic acids is 1. The highest BCUT2D eigenvalue weighted by molar-refractivity contribution is 5.74. The molecule has 0 saturated carbocycles. The molecule has 1 aromatic heterocycles. The zero-order valence-corrected chi connectivity index (χ0v) is 24.6. The van der Waals surface area contributed by atoms with E-state index in [1.54, 1.807) is 30.4 Å². The minimum atomic E-state index is -0.277. The van der Waals surface area contributed by atoms with Crippen LogP contribution in [0.15, 0.2) is 40.1 Å². The summed E-state index contributed by atoms with van der Waals surface area (Å²) < 4.78 is 14.3. The molecule has 0 saturated heterocycles. The summed E-state index contributed by atoms with van der Waals surface area (Å²) in [5.41, 5.74) is 6.88. The van der Waals surface area contributed by atoms with Crippen LogP contribution in [0.2, 0.25) is 0 Å². The van der Waals surface area contributed by atoms with E-state index in [2.05, 4.69) is 36.6 Å². The van der Waals surface area contributed by atoms with Gasteiger partial charge >= 0.3 is 11.7 Å². The van der Waals surface area contributed by atoms with Gasteiger partial charge in [-0.3, -0.25) is 9.13 Å². The summed E-state index contributed by atoms with van der Waals surface area (Å²) in [5.74, 6) is 1.22. The van der Waals surface area contributed by atoms with Crippen molar-refractivity contribution in [2.75, 3.05) is 20.8 Å². The summed E-state index contributed by atoms with van der Waals surface area (Å²) in [6.45, 7) is 12.5. The van der Waals surface area contributed by atoms with Crippen molar-refractivity contribution in [3.63, 3.8) is 0 Å². The molecule has 0 unspecified atom stereocenters. The Kier molecular flexibility index (Phi) is 9.61. The average molecular weight is 536 g/mol. The van der Waals surface area contributed by atoms with Crippen molar-refractivity contribution in [2.24, 2.45) is 12.0 Å². The van der Waals surface area contributed by atoms with Gasteiger partial charge in [0.15, 0.2) is 11.5 Å². The standard InChI is InChI=1S/C30H41N5O4/c1-10-22-15-25(38-8)26(39-9)16-23(22)24-17-27(33-28-20(5)13-19(4)14-21(28)6)35(30(37)34(24)7)12-11-31-29(36)32-18(2)3/h13-18H,10-12H2,1-9H3,(H2,31,32,36). The van der Waals surface area contributed by atoms with Crippen molar-refractivity contribution >= 4 is 11.7 Å². The smallest absolute Gasteiger partial charge is 0.329 e. The molecule has 9 nitrogen and oxygen atoms in total. The molecule has 2 amide bonds. The fraction of sp³-hybridized carbons (Fsp3) is 0.433. The number of carbonyl (C=O) groups is 1. The van der Waals surface area contributed by atoms with Crippen LogP contribution in [-0.2, 0) is 20.0 Å². The number of aromatic nitrogens is 2. The van der Waals surface area contributed by atoms with Crippen LogP contribution in [0.4, 0.5) is 10.5 Å². The maximum Gasteiger partial charge on any atom is 0.329 e. The summed E-state index contributed by atoms with van der Waals surface area (Å²) in [4.78, 5) is 31.0. The minimum absolute atomic E-state index is 0.0112. The predicted octanol–water partition coefficient (Wildman–Crippen LogP) is 4.30. The van der Waals surface area contributed by atoms with Crippen molar-refractivity contribution in [1.82, 2.24) is 19.8 Å². The molecule has 0 atom stereocenters. The lowest BCUT2D eigenvalue weighted by molar-refractivity contribution is 0.238. The zero-order valence-electron chi connectivity index (χ0n) is 24.6. The van der Waals surface area contributed by atoms with Crippen LogP contribution in [0.3, 0.4) is 0 Å². The molecule has 0 spiro atoms. The topological polar surface area (TPSA) is 98.9 Å². The Morgan fingerprint density at radius 2 is 1.62 bits per heavy atom. The molecule has 39 heavy (non-hydrogen) atoms. The number of benzene rings is 2. The molecule has 1 heterocycles. The van der Waals surface area contributed by atoms with Gasteiger partial charge in [-0.25, -0.2) is 14.6 Å². The lowest BCUT2D eigenvalue weighted by Gasteiger charge is -2.19. The lowest BCUT2D eigenvalue weighted by Crippen LogP contribution is -2.45. The number of urea groups is 1. The van der Waals surface area contributed by atoms with E-state index in [9.17, 15) is 9.59 Å². The van der Waals surface area contributed by atoms with E-state index in [1.165, 1.54) is 0 Å². The van der Waals surface area contributed by atoms with E-state index in [-0.39, 0.29) is 30.9 Å². The van der Waals surface area contributed by atoms with Gasteiger partial charge in [0, 0.05) is 37.8 Å². The van der Waals surface area contributed by atoms with Gasteiger partial charge in [-0.1, -0.05) is 24.6 Å². The average Bonchev–Trinajstić information content (AvgIpc) is 2.88. The quantitative estimate of drug-likeness (QED) is 0.427. The maximum absolute atomic E-state index is 13.8. The second-order valence-corrected chi connectivity index (χ2v) is 10.0. The van der Waals surface area contributed by atoms with E-state index < -0.39 is 0 Å². The minimum Gasteiger partial charge on any atom is -0.493 e. The second-order valence-electron chi connectivity index (χ2n) is 10.0. The zero-order chi connectivity index (χ0) is 28.9. The number of rotatable bonds is 9. The summed E-state index contributed by atoms with van der Waals surface area (Å²) in [7, 11) is 4.95. The number of methoxy groups -OCH3 is 2. The van der Waals surface area contributed by atoms with E-state index in [0.717, 1.165) is 39.9 Å². The Bertz CT molecular complexity index is 1460. The van der Waals surface area contributed by atoms with Crippen LogP contribution in [-0.4, -0.2) is 42.0 Å². The number of amides is 2. The van der Waals surface area contributed by atoms with Gasteiger partial charge in [0.05, 0.1) is 25.6 Å². The second kappa shape index (κ2) is 12.7. The molecule has 0 aliphatic rings. The molecule has 0 aliphatic heterocycles. The third-order valence-electron chi connectivity index (χ3n) is 6.59. The van der Waals surface area contributed by atoms with Crippen LogP contribution in [0.25, 0.3) is 11.3 Å². The lowest BCUT2D eigenvalue weighted by atomic mass is 10.0. The summed E-state index contributed by atoms with van der Waals surface area (Å²) in [6, 6.07) is 9.67. The third-order valence-corrected chi connectivity index (χ3v) is 6.59. The molecular formula is C30H41N5O4. The summed E-state index contributed by atoms with van der Waals surface area (Å²) in [6.07, 6.45) is 0.732. The molecular weight excluding hydrogens is 494 g/mol. The van der Waals surface area contributed by atoms with Crippen molar-refractivity contribution in [3.8, 4) is 22.8 Å². The summed E-state index contributed by atoms with van der Waals surface area (Å²) >= 11 is 0. The Hall–Kier alpha value is -4.01. The van der Waals surface area contributed by atoms with Gasteiger partial charge in [0.2, 0.25) is 0 Å². The van der Waals surface area contributed by atoms with Crippen LogP contribution in [0, 0.1) is 20.8 Å². The first kappa shape index (κ1) is 29.5. The molecule has 0 bridgehead atoms. The molecule has 3 rings (SSSR count). The number of hydrogen-bond acceptors (Lipinski definition) is 5. The Balaban J connectivity index is 2.26. The van der Waals surface area contributed by atoms with Gasteiger partial charge in [-0.15, -0.1) is 0 Å². The van der Waals surface area contributed by atoms with Crippen LogP contribution in [0.5, 0.6) is 11.5 Å². The summed E-state index contributed by atoms with van der Waals surface area (Å²) in [5, 5.41) is 5.64. The van der Waals surface area contributed by atoms with E-state index in [0.29, 0.717) is 22.7 Å². The number of ether oxygens (including phenoxy) is 2. The number of nitrogens with one attached hydrogen (secondary N) is 2. The van der Waals surface area contributed by atoms with Crippen molar-refractivity contribution in [3.05, 3.63) is 68.6 Å². The van der Waals surface area contributed by atoms with Crippen LogP contribution < -0.4 is 31.3 Å². The van der Waals surface area contributed by atoms with E-state index in [1.807, 2.05) is 45.9 Å². The highest BCUT2D eigenvalue weighted by Gasteiger charge is 2.17. The Labute approximate surface area is 230 Å². The monoisotopic (exact) mass is 535 g/mol. The molecule has 2 aromatic carbocycles. The maximum atomic E-state index is 13.8. The largest absolute Gasteiger partial charge is 0.493 e. The third kappa shape index (κ3) is 6.71. The Morgan fingerprint density at radius 1 is 1.00 bits per heavy atom. The van der Waals surface area contributed by atoms with E-state index in [4.69, 9.17) is 14.5 Å². The number of aryl methyl sites for hydroxylation is 4. The van der Waals surface area contributed by atoms with Crippen molar-refractivity contribution < 1.29 is 14.3 Å². The highest BCUT2D eigenvalue weighted by Crippen LogP contribution is 2.35. The highest BCUT2D eigenvalue weighted by atomic mass is 16.5. The Morgan fingerprint density at radius 3 is 2.18 bits per heavy atom. The molecule has 3 aromatic rings.